The van der Waals surface area contributed by atoms with Crippen molar-refractivity contribution in [3.05, 3.63) is 65.1 Å². The zero-order chi connectivity index (χ0) is 17.1. The quantitative estimate of drug-likeness (QED) is 0.740. The van der Waals surface area contributed by atoms with E-state index in [0.29, 0.717) is 11.5 Å². The Morgan fingerprint density at radius 3 is 2.83 bits per heavy atom. The Bertz CT molecular complexity index is 845. The van der Waals surface area contributed by atoms with Gasteiger partial charge in [0, 0.05) is 11.5 Å². The van der Waals surface area contributed by atoms with Gasteiger partial charge in [0.05, 0.1) is 11.1 Å². The van der Waals surface area contributed by atoms with E-state index in [9.17, 15) is 9.18 Å². The number of hydrogen-bond donors (Lipinski definition) is 1. The molecule has 1 aromatic heterocycles. The highest BCUT2D eigenvalue weighted by Gasteiger charge is 2.14. The Morgan fingerprint density at radius 1 is 1.29 bits per heavy atom. The van der Waals surface area contributed by atoms with Crippen molar-refractivity contribution < 1.29 is 18.3 Å². The van der Waals surface area contributed by atoms with E-state index in [1.54, 1.807) is 0 Å². The molecule has 3 rings (SSSR count). The molecular formula is C18H15ClFNO3. The molecule has 0 saturated heterocycles. The van der Waals surface area contributed by atoms with Crippen LogP contribution >= 0.6 is 11.6 Å². The van der Waals surface area contributed by atoms with E-state index in [2.05, 4.69) is 5.32 Å². The van der Waals surface area contributed by atoms with Gasteiger partial charge in [0.15, 0.2) is 6.61 Å². The fraction of sp³-hybridized carbons (Fsp3) is 0.167. The number of benzene rings is 2. The van der Waals surface area contributed by atoms with Crippen molar-refractivity contribution in [2.45, 2.75) is 13.0 Å². The summed E-state index contributed by atoms with van der Waals surface area (Å²) in [5.41, 5.74) is 0.769. The molecule has 6 heteroatoms. The van der Waals surface area contributed by atoms with Crippen molar-refractivity contribution in [3.63, 3.8) is 0 Å². The van der Waals surface area contributed by atoms with Crippen LogP contribution in [0.1, 0.15) is 18.7 Å². The van der Waals surface area contributed by atoms with Crippen LogP contribution in [0.3, 0.4) is 0 Å². The number of carbonyl (C=O) groups is 1. The Kier molecular flexibility index (Phi) is 4.71. The summed E-state index contributed by atoms with van der Waals surface area (Å²) in [6.07, 6.45) is 0. The lowest BCUT2D eigenvalue weighted by Crippen LogP contribution is -2.31. The van der Waals surface area contributed by atoms with Crippen LogP contribution < -0.4 is 10.1 Å². The van der Waals surface area contributed by atoms with Crippen LogP contribution in [0.5, 0.6) is 5.75 Å². The highest BCUT2D eigenvalue weighted by atomic mass is 35.5. The third-order valence-corrected chi connectivity index (χ3v) is 3.80. The van der Waals surface area contributed by atoms with Gasteiger partial charge < -0.3 is 14.5 Å². The average molecular weight is 348 g/mol. The molecule has 0 spiro atoms. The van der Waals surface area contributed by atoms with Crippen LogP contribution in [-0.4, -0.2) is 12.5 Å². The van der Waals surface area contributed by atoms with E-state index < -0.39 is 5.82 Å². The lowest BCUT2D eigenvalue weighted by molar-refractivity contribution is -0.123. The van der Waals surface area contributed by atoms with E-state index in [-0.39, 0.29) is 23.6 Å². The molecule has 124 valence electrons. The predicted octanol–water partition coefficient (Wildman–Crippen LogP) is 4.48. The number of amides is 1. The molecule has 1 heterocycles. The topological polar surface area (TPSA) is 51.5 Å². The largest absolute Gasteiger partial charge is 0.484 e. The van der Waals surface area contributed by atoms with Crippen molar-refractivity contribution >= 4 is 28.5 Å². The number of nitrogens with one attached hydrogen (secondary N) is 1. The smallest absolute Gasteiger partial charge is 0.258 e. The SMILES string of the molecule is CC(NC(=O)COc1ccc(F)c(Cl)c1)c1cc2ccccc2o1. The lowest BCUT2D eigenvalue weighted by Gasteiger charge is -2.12. The average Bonchev–Trinajstić information content (AvgIpc) is 3.00. The summed E-state index contributed by atoms with van der Waals surface area (Å²) < 4.78 is 24.1. The Balaban J connectivity index is 1.58. The van der Waals surface area contributed by atoms with Crippen LogP contribution in [0.2, 0.25) is 5.02 Å². The molecule has 1 amide bonds. The number of hydrogen-bond acceptors (Lipinski definition) is 3. The second-order valence-corrected chi connectivity index (χ2v) is 5.75. The molecule has 4 nitrogen and oxygen atoms in total. The van der Waals surface area contributed by atoms with E-state index in [1.807, 2.05) is 37.3 Å². The number of furan rings is 1. The minimum atomic E-state index is -0.535. The molecule has 0 aliphatic heterocycles. The summed E-state index contributed by atoms with van der Waals surface area (Å²) in [5, 5.41) is 3.71. The standard InChI is InChI=1S/C18H15ClFNO3/c1-11(17-8-12-4-2-3-5-16(12)24-17)21-18(22)10-23-13-6-7-15(20)14(19)9-13/h2-9,11H,10H2,1H3,(H,21,22). The summed E-state index contributed by atoms with van der Waals surface area (Å²) in [6, 6.07) is 13.1. The fourth-order valence-corrected chi connectivity index (χ4v) is 2.46. The number of fused-ring (bicyclic) bond motifs is 1. The molecule has 1 atom stereocenters. The second-order valence-electron chi connectivity index (χ2n) is 5.34. The highest BCUT2D eigenvalue weighted by Crippen LogP contribution is 2.24. The molecule has 0 bridgehead atoms. The normalized spacial score (nSPS) is 12.1. The molecule has 0 saturated carbocycles. The van der Waals surface area contributed by atoms with Gasteiger partial charge in [-0.15, -0.1) is 0 Å². The van der Waals surface area contributed by atoms with E-state index in [4.69, 9.17) is 20.8 Å². The van der Waals surface area contributed by atoms with Gasteiger partial charge in [-0.2, -0.15) is 0 Å². The zero-order valence-electron chi connectivity index (χ0n) is 12.9. The van der Waals surface area contributed by atoms with Crippen LogP contribution in [0.4, 0.5) is 4.39 Å². The van der Waals surface area contributed by atoms with Gasteiger partial charge in [0.1, 0.15) is 22.9 Å². The molecule has 3 aromatic rings. The molecule has 0 aliphatic carbocycles. The predicted molar refractivity (Wildman–Crippen MR) is 89.7 cm³/mol. The highest BCUT2D eigenvalue weighted by molar-refractivity contribution is 6.30. The lowest BCUT2D eigenvalue weighted by atomic mass is 10.2. The minimum absolute atomic E-state index is 0.0523. The summed E-state index contributed by atoms with van der Waals surface area (Å²) in [6.45, 7) is 1.62. The monoisotopic (exact) mass is 347 g/mol. The zero-order valence-corrected chi connectivity index (χ0v) is 13.6. The first-order valence-electron chi connectivity index (χ1n) is 7.38. The maximum absolute atomic E-state index is 13.1. The maximum atomic E-state index is 13.1. The van der Waals surface area contributed by atoms with Crippen LogP contribution in [0.15, 0.2) is 52.9 Å². The van der Waals surface area contributed by atoms with E-state index in [1.165, 1.54) is 18.2 Å². The van der Waals surface area contributed by atoms with Gasteiger partial charge >= 0.3 is 0 Å². The number of para-hydroxylation sites is 1. The first kappa shape index (κ1) is 16.3. The molecular weight excluding hydrogens is 333 g/mol. The third kappa shape index (κ3) is 3.68. The molecule has 1 N–H and O–H groups in total. The van der Waals surface area contributed by atoms with Crippen molar-refractivity contribution in [2.75, 3.05) is 6.61 Å². The van der Waals surface area contributed by atoms with Crippen molar-refractivity contribution in [3.8, 4) is 5.75 Å². The minimum Gasteiger partial charge on any atom is -0.484 e. The first-order valence-corrected chi connectivity index (χ1v) is 7.76. The third-order valence-electron chi connectivity index (χ3n) is 3.51. The Morgan fingerprint density at radius 2 is 2.08 bits per heavy atom. The Labute approximate surface area is 143 Å². The molecule has 24 heavy (non-hydrogen) atoms. The molecule has 0 aliphatic rings. The van der Waals surface area contributed by atoms with Gasteiger partial charge in [-0.05, 0) is 31.2 Å². The maximum Gasteiger partial charge on any atom is 0.258 e. The molecule has 0 fully saturated rings. The summed E-state index contributed by atoms with van der Waals surface area (Å²) in [5.74, 6) is 0.137. The number of ether oxygens (including phenoxy) is 1. The van der Waals surface area contributed by atoms with Gasteiger partial charge in [0.25, 0.3) is 5.91 Å². The number of rotatable bonds is 5. The van der Waals surface area contributed by atoms with Crippen molar-refractivity contribution in [2.24, 2.45) is 0 Å². The summed E-state index contributed by atoms with van der Waals surface area (Å²) in [4.78, 5) is 12.0. The van der Waals surface area contributed by atoms with Gasteiger partial charge in [0.2, 0.25) is 0 Å². The van der Waals surface area contributed by atoms with Crippen LogP contribution in [-0.2, 0) is 4.79 Å². The first-order chi connectivity index (χ1) is 11.5. The van der Waals surface area contributed by atoms with Crippen molar-refractivity contribution in [1.82, 2.24) is 5.32 Å². The number of halogens is 2. The van der Waals surface area contributed by atoms with E-state index >= 15 is 0 Å². The van der Waals surface area contributed by atoms with Crippen LogP contribution in [0.25, 0.3) is 11.0 Å². The molecule has 2 aromatic carbocycles. The summed E-state index contributed by atoms with van der Waals surface area (Å²) in [7, 11) is 0. The second kappa shape index (κ2) is 6.93. The Hall–Kier alpha value is -2.53. The number of carbonyl (C=O) groups excluding carboxylic acids is 1. The fourth-order valence-electron chi connectivity index (χ4n) is 2.29. The molecule has 0 radical (unpaired) electrons. The van der Waals surface area contributed by atoms with Gasteiger partial charge in [-0.25, -0.2) is 4.39 Å². The van der Waals surface area contributed by atoms with Crippen LogP contribution in [0, 0.1) is 5.82 Å². The van der Waals surface area contributed by atoms with Gasteiger partial charge in [-0.3, -0.25) is 4.79 Å². The van der Waals surface area contributed by atoms with Crippen molar-refractivity contribution in [1.29, 1.82) is 0 Å². The molecule has 1 unspecified atom stereocenters. The summed E-state index contributed by atoms with van der Waals surface area (Å²) >= 11 is 5.66. The van der Waals surface area contributed by atoms with E-state index in [0.717, 1.165) is 11.0 Å². The van der Waals surface area contributed by atoms with Gasteiger partial charge in [-0.1, -0.05) is 29.8 Å².